The number of oxime groups is 1. The van der Waals surface area contributed by atoms with Crippen LogP contribution in [0.1, 0.15) is 110 Å². The van der Waals surface area contributed by atoms with Gasteiger partial charge in [0, 0.05) is 31.5 Å². The highest BCUT2D eigenvalue weighted by Gasteiger charge is 2.56. The van der Waals surface area contributed by atoms with E-state index in [1.165, 1.54) is 11.3 Å². The molecule has 4 atom stereocenters. The van der Waals surface area contributed by atoms with Crippen LogP contribution in [0.25, 0.3) is 0 Å². The molecule has 1 aromatic rings. The number of aromatic nitrogens is 1. The van der Waals surface area contributed by atoms with E-state index in [2.05, 4.69) is 26.1 Å². The number of pyridine rings is 1. The summed E-state index contributed by atoms with van der Waals surface area (Å²) in [4.78, 5) is 79.5. The van der Waals surface area contributed by atoms with Gasteiger partial charge in [0.2, 0.25) is 23.5 Å². The largest absolute Gasteiger partial charge is 0.386 e. The molecule has 0 radical (unpaired) electrons. The molecule has 3 heterocycles. The Morgan fingerprint density at radius 2 is 1.79 bits per heavy atom. The molecule has 12 heteroatoms. The van der Waals surface area contributed by atoms with Crippen molar-refractivity contribution < 1.29 is 28.8 Å². The Hall–Kier alpha value is -3.83. The Balaban J connectivity index is 1.37. The minimum atomic E-state index is -1.03. The number of carbonyl (C=O) groups is 5. The minimum Gasteiger partial charge on any atom is -0.386 e. The van der Waals surface area contributed by atoms with Crippen molar-refractivity contribution in [3.05, 3.63) is 30.1 Å². The number of hydrogen-bond donors (Lipinski definition) is 3. The van der Waals surface area contributed by atoms with E-state index in [0.717, 1.165) is 38.5 Å². The fourth-order valence-corrected chi connectivity index (χ4v) is 6.96. The molecule has 0 aromatic carbocycles. The summed E-state index contributed by atoms with van der Waals surface area (Å²) in [5.74, 6) is -2.22. The van der Waals surface area contributed by atoms with Gasteiger partial charge in [0.1, 0.15) is 17.8 Å². The summed E-state index contributed by atoms with van der Waals surface area (Å²) in [6.45, 7) is 7.60. The lowest BCUT2D eigenvalue weighted by Crippen LogP contribution is -2.59. The fraction of sp³-hybridized carbons (Fsp3) is 0.686. The molecule has 4 amide bonds. The van der Waals surface area contributed by atoms with Crippen LogP contribution in [-0.4, -0.2) is 81.3 Å². The molecule has 3 fully saturated rings. The van der Waals surface area contributed by atoms with Crippen LogP contribution in [0.4, 0.5) is 0 Å². The minimum absolute atomic E-state index is 0.00250. The lowest BCUT2D eigenvalue weighted by molar-refractivity contribution is -0.145. The Bertz CT molecular complexity index is 1370. The molecule has 1 spiro atoms. The highest BCUT2D eigenvalue weighted by Crippen LogP contribution is 2.40. The average molecular weight is 651 g/mol. The van der Waals surface area contributed by atoms with E-state index in [9.17, 15) is 24.0 Å². The van der Waals surface area contributed by atoms with Gasteiger partial charge in [0.15, 0.2) is 5.60 Å². The van der Waals surface area contributed by atoms with Crippen molar-refractivity contribution in [2.75, 3.05) is 6.54 Å². The van der Waals surface area contributed by atoms with Crippen molar-refractivity contribution in [3.63, 3.8) is 0 Å². The summed E-state index contributed by atoms with van der Waals surface area (Å²) in [5.41, 5.74) is -0.396. The molecule has 3 N–H and O–H groups in total. The summed E-state index contributed by atoms with van der Waals surface area (Å²) in [6, 6.07) is 2.54. The first-order chi connectivity index (χ1) is 22.4. The van der Waals surface area contributed by atoms with Crippen LogP contribution < -0.4 is 16.0 Å². The van der Waals surface area contributed by atoms with Crippen molar-refractivity contribution in [1.82, 2.24) is 25.8 Å². The maximum atomic E-state index is 14.5. The van der Waals surface area contributed by atoms with Gasteiger partial charge in [-0.15, -0.1) is 0 Å². The molecule has 1 saturated heterocycles. The highest BCUT2D eigenvalue weighted by atomic mass is 16.7. The first kappa shape index (κ1) is 34.5. The zero-order chi connectivity index (χ0) is 33.8. The molecule has 1 aromatic heterocycles. The number of Topliss-reactive ketones (excluding diaryl/α,β-unsaturated/α-hetero) is 1. The molecular weight excluding hydrogens is 600 g/mol. The molecular formula is C35H50N6O6. The Labute approximate surface area is 277 Å². The van der Waals surface area contributed by atoms with Crippen LogP contribution in [0.15, 0.2) is 29.6 Å². The summed E-state index contributed by atoms with van der Waals surface area (Å²) < 4.78 is 0. The van der Waals surface area contributed by atoms with Crippen LogP contribution in [0.2, 0.25) is 0 Å². The second kappa shape index (κ2) is 14.5. The topological polar surface area (TPSA) is 159 Å². The van der Waals surface area contributed by atoms with Crippen LogP contribution in [0.5, 0.6) is 0 Å². The number of likely N-dealkylation sites (tertiary alicyclic amines) is 1. The van der Waals surface area contributed by atoms with Crippen molar-refractivity contribution in [2.45, 2.75) is 135 Å². The van der Waals surface area contributed by atoms with Crippen LogP contribution in [-0.2, 0) is 28.8 Å². The molecule has 4 aliphatic rings. The first-order valence-corrected chi connectivity index (χ1v) is 17.3. The third-order valence-corrected chi connectivity index (χ3v) is 9.75. The SMILES string of the molecule is CCC[C@H](NC(=O)[C@@H]1C[C@]2(CC(c3ccccn3)=NO2)CN1C(=O)[C@@H](NC(=O)CC1CCCCC1)C(C)(C)C)C(=O)C(=O)NC1CC1. The zero-order valence-electron chi connectivity index (χ0n) is 28.2. The third kappa shape index (κ3) is 8.56. The van der Waals surface area contributed by atoms with Crippen LogP contribution >= 0.6 is 0 Å². The summed E-state index contributed by atoms with van der Waals surface area (Å²) >= 11 is 0. The zero-order valence-corrected chi connectivity index (χ0v) is 28.2. The van der Waals surface area contributed by atoms with E-state index in [-0.39, 0.29) is 31.3 Å². The molecule has 47 heavy (non-hydrogen) atoms. The lowest BCUT2D eigenvalue weighted by atomic mass is 9.84. The molecule has 5 rings (SSSR count). The van der Waals surface area contributed by atoms with Crippen molar-refractivity contribution in [2.24, 2.45) is 16.5 Å². The van der Waals surface area contributed by atoms with Crippen LogP contribution in [0, 0.1) is 11.3 Å². The van der Waals surface area contributed by atoms with E-state index in [4.69, 9.17) is 4.84 Å². The number of carbonyl (C=O) groups excluding carboxylic acids is 5. The number of nitrogens with zero attached hydrogens (tertiary/aromatic N) is 3. The molecule has 12 nitrogen and oxygen atoms in total. The van der Waals surface area contributed by atoms with Gasteiger partial charge >= 0.3 is 0 Å². The lowest BCUT2D eigenvalue weighted by Gasteiger charge is -2.36. The highest BCUT2D eigenvalue weighted by molar-refractivity contribution is 6.38. The second-order valence-corrected chi connectivity index (χ2v) is 14.9. The van der Waals surface area contributed by atoms with E-state index in [1.54, 1.807) is 12.3 Å². The number of amides is 4. The number of nitrogens with one attached hydrogen (secondary N) is 3. The number of hydrogen-bond acceptors (Lipinski definition) is 8. The quantitative estimate of drug-likeness (QED) is 0.293. The van der Waals surface area contributed by atoms with E-state index >= 15 is 0 Å². The first-order valence-electron chi connectivity index (χ1n) is 17.3. The van der Waals surface area contributed by atoms with Gasteiger partial charge in [-0.25, -0.2) is 0 Å². The van der Waals surface area contributed by atoms with Crippen molar-refractivity contribution >= 4 is 35.1 Å². The van der Waals surface area contributed by atoms with Crippen LogP contribution in [0.3, 0.4) is 0 Å². The van der Waals surface area contributed by atoms with Gasteiger partial charge in [-0.05, 0) is 55.6 Å². The maximum absolute atomic E-state index is 14.5. The van der Waals surface area contributed by atoms with Gasteiger partial charge in [-0.1, -0.05) is 64.6 Å². The maximum Gasteiger partial charge on any atom is 0.289 e. The molecule has 2 aliphatic heterocycles. The second-order valence-electron chi connectivity index (χ2n) is 14.9. The number of ketones is 1. The Morgan fingerprint density at radius 3 is 2.43 bits per heavy atom. The van der Waals surface area contributed by atoms with E-state index in [0.29, 0.717) is 36.6 Å². The number of rotatable bonds is 12. The van der Waals surface area contributed by atoms with Gasteiger partial charge in [-0.3, -0.25) is 29.0 Å². The predicted octanol–water partition coefficient (Wildman–Crippen LogP) is 3.18. The monoisotopic (exact) mass is 650 g/mol. The fourth-order valence-electron chi connectivity index (χ4n) is 6.96. The summed E-state index contributed by atoms with van der Waals surface area (Å²) in [5, 5.41) is 12.9. The molecule has 0 bridgehead atoms. The van der Waals surface area contributed by atoms with E-state index < -0.39 is 52.6 Å². The summed E-state index contributed by atoms with van der Waals surface area (Å²) in [7, 11) is 0. The standard InChI is InChI=1S/C35H50N6O6/c1-5-11-25(29(43)32(45)37-23-15-16-23)38-31(44)27-20-35(19-26(40-47-35)24-14-9-10-17-36-24)21-41(27)33(46)30(34(2,3)4)39-28(42)18-22-12-7-6-8-13-22/h9-10,14,17,22-23,25,27,30H,5-8,11-13,15-16,18-21H2,1-4H3,(H,37,45)(H,38,44)(H,39,42)/t25-,27-,30+,35+/m0/s1. The van der Waals surface area contributed by atoms with Crippen molar-refractivity contribution in [1.29, 1.82) is 0 Å². The Kier molecular flexibility index (Phi) is 10.7. The van der Waals surface area contributed by atoms with Gasteiger partial charge < -0.3 is 25.7 Å². The smallest absolute Gasteiger partial charge is 0.289 e. The third-order valence-electron chi connectivity index (χ3n) is 9.75. The van der Waals surface area contributed by atoms with Gasteiger partial charge in [-0.2, -0.15) is 0 Å². The van der Waals surface area contributed by atoms with Crippen molar-refractivity contribution in [3.8, 4) is 0 Å². The molecule has 0 unspecified atom stereocenters. The molecule has 2 saturated carbocycles. The van der Waals surface area contributed by atoms with Gasteiger partial charge in [0.05, 0.1) is 18.3 Å². The molecule has 2 aliphatic carbocycles. The Morgan fingerprint density at radius 1 is 1.04 bits per heavy atom. The average Bonchev–Trinajstić information content (AvgIpc) is 3.64. The van der Waals surface area contributed by atoms with Gasteiger partial charge in [0.25, 0.3) is 5.91 Å². The summed E-state index contributed by atoms with van der Waals surface area (Å²) in [6.07, 6.45) is 10.4. The normalized spacial score (nSPS) is 24.2. The molecule has 256 valence electrons. The van der Waals surface area contributed by atoms with E-state index in [1.807, 2.05) is 39.8 Å². The predicted molar refractivity (Wildman–Crippen MR) is 175 cm³/mol.